The molecule has 3 N–H and O–H groups in total. The van der Waals surface area contributed by atoms with E-state index >= 15 is 0 Å². The van der Waals surface area contributed by atoms with E-state index < -0.39 is 10.0 Å². The molecule has 19 heavy (non-hydrogen) atoms. The highest BCUT2D eigenvalue weighted by Gasteiger charge is 2.23. The minimum Gasteiger partial charge on any atom is -0.398 e. The summed E-state index contributed by atoms with van der Waals surface area (Å²) in [4.78, 5) is 2.63. The molecule has 0 aromatic heterocycles. The Bertz CT molecular complexity index is 574. The molecule has 1 heterocycles. The van der Waals surface area contributed by atoms with Gasteiger partial charge in [0.25, 0.3) is 10.0 Å². The quantitative estimate of drug-likeness (QED) is 0.803. The van der Waals surface area contributed by atoms with Crippen LogP contribution in [0.4, 0.5) is 5.69 Å². The Balaban J connectivity index is 2.28. The molecule has 106 valence electrons. The molecular formula is C11H15BrClN3O2S. The Kier molecular flexibility index (Phi) is 4.73. The van der Waals surface area contributed by atoms with Gasteiger partial charge in [0.15, 0.2) is 0 Å². The molecule has 0 spiro atoms. The number of nitrogen functional groups attached to an aromatic ring is 1. The Morgan fingerprint density at radius 2 is 1.89 bits per heavy atom. The van der Waals surface area contributed by atoms with Crippen molar-refractivity contribution in [3.05, 3.63) is 21.6 Å². The third-order valence-corrected chi connectivity index (χ3v) is 5.69. The number of nitrogens with one attached hydrogen (secondary N) is 1. The molecule has 1 aliphatic rings. The number of benzene rings is 1. The summed E-state index contributed by atoms with van der Waals surface area (Å²) in [5, 5.41) is 2.00. The van der Waals surface area contributed by atoms with Crippen LogP contribution in [0.3, 0.4) is 0 Å². The summed E-state index contributed by atoms with van der Waals surface area (Å²) in [6.07, 6.45) is 3.11. The van der Waals surface area contributed by atoms with Crippen LogP contribution in [0, 0.1) is 0 Å². The summed E-state index contributed by atoms with van der Waals surface area (Å²) < 4.78 is 25.0. The highest BCUT2D eigenvalue weighted by molar-refractivity contribution is 9.10. The summed E-state index contributed by atoms with van der Waals surface area (Å²) in [5.74, 6) is 0. The van der Waals surface area contributed by atoms with Crippen LogP contribution in [0.25, 0.3) is 0 Å². The van der Waals surface area contributed by atoms with Crippen LogP contribution in [-0.4, -0.2) is 26.5 Å². The molecular weight excluding hydrogens is 354 g/mol. The maximum absolute atomic E-state index is 12.3. The van der Waals surface area contributed by atoms with Crippen molar-refractivity contribution in [1.82, 2.24) is 9.84 Å². The van der Waals surface area contributed by atoms with Crippen LogP contribution in [0.2, 0.25) is 5.02 Å². The largest absolute Gasteiger partial charge is 0.398 e. The topological polar surface area (TPSA) is 75.4 Å². The standard InChI is InChI=1S/C11H15BrClN3O2S/c12-11-9(14)6-8(13)7-10(11)19(17,18)15-16-4-2-1-3-5-16/h6-7,15H,1-5,14H2. The zero-order valence-electron chi connectivity index (χ0n) is 10.2. The zero-order chi connectivity index (χ0) is 14.0. The highest BCUT2D eigenvalue weighted by atomic mass is 79.9. The van der Waals surface area contributed by atoms with E-state index in [1.165, 1.54) is 12.1 Å². The van der Waals surface area contributed by atoms with Gasteiger partial charge in [0.05, 0.1) is 4.47 Å². The summed E-state index contributed by atoms with van der Waals surface area (Å²) in [7, 11) is -3.67. The summed E-state index contributed by atoms with van der Waals surface area (Å²) in [6, 6.07) is 2.89. The number of hydrazine groups is 1. The number of nitrogens with two attached hydrogens (primary N) is 1. The van der Waals surface area contributed by atoms with Crippen LogP contribution in [0.5, 0.6) is 0 Å². The smallest absolute Gasteiger partial charge is 0.254 e. The maximum atomic E-state index is 12.3. The fraction of sp³-hybridized carbons (Fsp3) is 0.455. The van der Waals surface area contributed by atoms with Crippen molar-refractivity contribution in [1.29, 1.82) is 0 Å². The number of halogens is 2. The number of piperidine rings is 1. The van der Waals surface area contributed by atoms with Crippen molar-refractivity contribution in [2.75, 3.05) is 18.8 Å². The lowest BCUT2D eigenvalue weighted by Gasteiger charge is -2.26. The third kappa shape index (κ3) is 3.61. The van der Waals surface area contributed by atoms with E-state index in [4.69, 9.17) is 17.3 Å². The van der Waals surface area contributed by atoms with Gasteiger partial charge in [-0.25, -0.2) is 13.4 Å². The van der Waals surface area contributed by atoms with Gasteiger partial charge in [-0.05, 0) is 40.9 Å². The van der Waals surface area contributed by atoms with Gasteiger partial charge in [0.2, 0.25) is 0 Å². The average Bonchev–Trinajstić information content (AvgIpc) is 2.34. The Labute approximate surface area is 126 Å². The second-order valence-electron chi connectivity index (χ2n) is 4.45. The minimum atomic E-state index is -3.67. The van der Waals surface area contributed by atoms with Crippen molar-refractivity contribution in [3.63, 3.8) is 0 Å². The van der Waals surface area contributed by atoms with E-state index in [2.05, 4.69) is 20.8 Å². The Morgan fingerprint density at radius 1 is 1.26 bits per heavy atom. The van der Waals surface area contributed by atoms with Crippen LogP contribution >= 0.6 is 27.5 Å². The predicted molar refractivity (Wildman–Crippen MR) is 79.3 cm³/mol. The van der Waals surface area contributed by atoms with Crippen LogP contribution in [0.15, 0.2) is 21.5 Å². The Morgan fingerprint density at radius 3 is 2.53 bits per heavy atom. The monoisotopic (exact) mass is 367 g/mol. The molecule has 0 amide bonds. The van der Waals surface area contributed by atoms with Gasteiger partial charge in [-0.1, -0.05) is 18.0 Å². The van der Waals surface area contributed by atoms with Crippen molar-refractivity contribution in [2.24, 2.45) is 0 Å². The molecule has 0 unspecified atom stereocenters. The minimum absolute atomic E-state index is 0.0584. The second-order valence-corrected chi connectivity index (χ2v) is 7.31. The number of rotatable bonds is 3. The molecule has 0 radical (unpaired) electrons. The van der Waals surface area contributed by atoms with Crippen molar-refractivity contribution in [2.45, 2.75) is 24.2 Å². The summed E-state index contributed by atoms with van der Waals surface area (Å²) in [5.41, 5.74) is 6.01. The van der Waals surface area contributed by atoms with Crippen LogP contribution in [0.1, 0.15) is 19.3 Å². The van der Waals surface area contributed by atoms with Gasteiger partial charge in [-0.2, -0.15) is 0 Å². The Hall–Kier alpha value is -0.340. The molecule has 1 aromatic carbocycles. The predicted octanol–water partition coefficient (Wildman–Crippen LogP) is 2.36. The first-order valence-corrected chi connectivity index (χ1v) is 8.57. The van der Waals surface area contributed by atoms with Crippen LogP contribution in [-0.2, 0) is 10.0 Å². The van der Waals surface area contributed by atoms with Gasteiger partial charge < -0.3 is 5.73 Å². The average molecular weight is 369 g/mol. The summed E-state index contributed by atoms with van der Waals surface area (Å²) >= 11 is 9.06. The normalized spacial score (nSPS) is 17.6. The van der Waals surface area contributed by atoms with E-state index in [0.717, 1.165) is 19.3 Å². The molecule has 8 heteroatoms. The van der Waals surface area contributed by atoms with Gasteiger partial charge in [0.1, 0.15) is 4.90 Å². The maximum Gasteiger partial charge on any atom is 0.254 e. The fourth-order valence-electron chi connectivity index (χ4n) is 1.98. The molecule has 0 atom stereocenters. The number of sulfonamides is 1. The molecule has 1 saturated heterocycles. The highest BCUT2D eigenvalue weighted by Crippen LogP contribution is 2.31. The van der Waals surface area contributed by atoms with Crippen molar-refractivity contribution < 1.29 is 8.42 Å². The summed E-state index contributed by atoms with van der Waals surface area (Å²) in [6.45, 7) is 1.43. The SMILES string of the molecule is Nc1cc(Cl)cc(S(=O)(=O)NN2CCCCC2)c1Br. The van der Waals surface area contributed by atoms with E-state index in [9.17, 15) is 8.42 Å². The van der Waals surface area contributed by atoms with E-state index in [1.54, 1.807) is 5.01 Å². The first kappa shape index (κ1) is 15.1. The molecule has 0 saturated carbocycles. The molecule has 1 aliphatic heterocycles. The fourth-order valence-corrected chi connectivity index (χ4v) is 4.40. The van der Waals surface area contributed by atoms with Gasteiger partial charge in [-0.3, -0.25) is 0 Å². The van der Waals surface area contributed by atoms with E-state index in [1.807, 2.05) is 0 Å². The number of hydrogen-bond donors (Lipinski definition) is 2. The molecule has 1 fully saturated rings. The van der Waals surface area contributed by atoms with Crippen molar-refractivity contribution in [3.8, 4) is 0 Å². The number of nitrogens with zero attached hydrogens (tertiary/aromatic N) is 1. The number of anilines is 1. The van der Waals surface area contributed by atoms with Gasteiger partial charge in [0, 0.05) is 23.8 Å². The second kappa shape index (κ2) is 5.97. The lowest BCUT2D eigenvalue weighted by atomic mass is 10.2. The molecule has 0 aliphatic carbocycles. The van der Waals surface area contributed by atoms with E-state index in [0.29, 0.717) is 28.3 Å². The molecule has 2 rings (SSSR count). The zero-order valence-corrected chi connectivity index (χ0v) is 13.4. The molecule has 1 aromatic rings. The van der Waals surface area contributed by atoms with Crippen molar-refractivity contribution >= 4 is 43.2 Å². The first-order valence-electron chi connectivity index (χ1n) is 5.92. The molecule has 5 nitrogen and oxygen atoms in total. The van der Waals surface area contributed by atoms with Crippen LogP contribution < -0.4 is 10.6 Å². The lowest BCUT2D eigenvalue weighted by Crippen LogP contribution is -2.45. The molecule has 0 bridgehead atoms. The van der Waals surface area contributed by atoms with Gasteiger partial charge >= 0.3 is 0 Å². The lowest BCUT2D eigenvalue weighted by molar-refractivity contribution is 0.200. The number of hydrogen-bond acceptors (Lipinski definition) is 4. The van der Waals surface area contributed by atoms with E-state index in [-0.39, 0.29) is 4.90 Å². The van der Waals surface area contributed by atoms with Gasteiger partial charge in [-0.15, -0.1) is 4.83 Å². The first-order chi connectivity index (χ1) is 8.90. The third-order valence-electron chi connectivity index (χ3n) is 2.93.